The van der Waals surface area contributed by atoms with Crippen molar-refractivity contribution in [3.63, 3.8) is 0 Å². The van der Waals surface area contributed by atoms with E-state index in [1.807, 2.05) is 12.1 Å². The lowest BCUT2D eigenvalue weighted by Gasteiger charge is -2.17. The van der Waals surface area contributed by atoms with Gasteiger partial charge >= 0.3 is 0 Å². The summed E-state index contributed by atoms with van der Waals surface area (Å²) in [5.41, 5.74) is 0.871. The molecule has 1 N–H and O–H groups in total. The SMILES string of the molecule is O=C(NCC1CC(=O)N(c2ccc(Cl)cc2)C1)C1CC1. The Bertz CT molecular complexity index is 525. The van der Waals surface area contributed by atoms with E-state index in [1.54, 1.807) is 17.0 Å². The van der Waals surface area contributed by atoms with E-state index in [-0.39, 0.29) is 23.7 Å². The number of amides is 2. The van der Waals surface area contributed by atoms with Gasteiger partial charge in [0, 0.05) is 42.1 Å². The Labute approximate surface area is 123 Å². The molecule has 3 rings (SSSR count). The van der Waals surface area contributed by atoms with E-state index in [0.717, 1.165) is 18.5 Å². The maximum Gasteiger partial charge on any atom is 0.227 e. The fourth-order valence-corrected chi connectivity index (χ4v) is 2.65. The molecule has 1 saturated heterocycles. The fraction of sp³-hybridized carbons (Fsp3) is 0.467. The monoisotopic (exact) mass is 292 g/mol. The van der Waals surface area contributed by atoms with Crippen LogP contribution in [0.25, 0.3) is 0 Å². The highest BCUT2D eigenvalue weighted by atomic mass is 35.5. The zero-order chi connectivity index (χ0) is 14.1. The minimum absolute atomic E-state index is 0.109. The summed E-state index contributed by atoms with van der Waals surface area (Å²) in [4.78, 5) is 25.4. The van der Waals surface area contributed by atoms with Crippen LogP contribution in [0.3, 0.4) is 0 Å². The number of nitrogens with zero attached hydrogens (tertiary/aromatic N) is 1. The summed E-state index contributed by atoms with van der Waals surface area (Å²) in [6.07, 6.45) is 2.51. The van der Waals surface area contributed by atoms with E-state index in [0.29, 0.717) is 24.5 Å². The maximum absolute atomic E-state index is 12.0. The molecular weight excluding hydrogens is 276 g/mol. The predicted octanol–water partition coefficient (Wildman–Crippen LogP) is 2.22. The van der Waals surface area contributed by atoms with Gasteiger partial charge in [0.2, 0.25) is 11.8 Å². The van der Waals surface area contributed by atoms with E-state index >= 15 is 0 Å². The van der Waals surface area contributed by atoms with Crippen molar-refractivity contribution >= 4 is 29.1 Å². The molecule has 0 spiro atoms. The van der Waals surface area contributed by atoms with E-state index < -0.39 is 0 Å². The molecule has 2 amide bonds. The molecular formula is C15H17ClN2O2. The summed E-state index contributed by atoms with van der Waals surface area (Å²) < 4.78 is 0. The van der Waals surface area contributed by atoms with Crippen LogP contribution in [0.15, 0.2) is 24.3 Å². The van der Waals surface area contributed by atoms with Gasteiger partial charge in [-0.3, -0.25) is 9.59 Å². The molecule has 4 nitrogen and oxygen atoms in total. The number of rotatable bonds is 4. The number of anilines is 1. The zero-order valence-corrected chi connectivity index (χ0v) is 11.9. The average Bonchev–Trinajstić information content (AvgIpc) is 3.21. The Kier molecular flexibility index (Phi) is 3.66. The molecule has 5 heteroatoms. The van der Waals surface area contributed by atoms with Gasteiger partial charge < -0.3 is 10.2 Å². The van der Waals surface area contributed by atoms with Gasteiger partial charge in [0.15, 0.2) is 0 Å². The highest BCUT2D eigenvalue weighted by Gasteiger charge is 2.33. The van der Waals surface area contributed by atoms with Crippen molar-refractivity contribution in [2.45, 2.75) is 19.3 Å². The standard InChI is InChI=1S/C15H17ClN2O2/c16-12-3-5-13(6-4-12)18-9-10(7-14(18)19)8-17-15(20)11-1-2-11/h3-6,10-11H,1-2,7-9H2,(H,17,20). The van der Waals surface area contributed by atoms with Crippen molar-refractivity contribution in [1.82, 2.24) is 5.32 Å². The molecule has 20 heavy (non-hydrogen) atoms. The van der Waals surface area contributed by atoms with Crippen molar-refractivity contribution in [3.05, 3.63) is 29.3 Å². The third-order valence-electron chi connectivity index (χ3n) is 3.86. The van der Waals surface area contributed by atoms with Crippen LogP contribution in [0.2, 0.25) is 5.02 Å². The van der Waals surface area contributed by atoms with Crippen molar-refractivity contribution in [1.29, 1.82) is 0 Å². The lowest BCUT2D eigenvalue weighted by Crippen LogP contribution is -2.32. The fourth-order valence-electron chi connectivity index (χ4n) is 2.52. The van der Waals surface area contributed by atoms with E-state index in [2.05, 4.69) is 5.32 Å². The number of hydrogen-bond donors (Lipinski definition) is 1. The summed E-state index contributed by atoms with van der Waals surface area (Å²) in [5.74, 6) is 0.667. The normalized spacial score (nSPS) is 22.1. The van der Waals surface area contributed by atoms with Gasteiger partial charge in [0.25, 0.3) is 0 Å². The summed E-state index contributed by atoms with van der Waals surface area (Å²) >= 11 is 5.85. The smallest absolute Gasteiger partial charge is 0.227 e. The van der Waals surface area contributed by atoms with Crippen molar-refractivity contribution in [2.24, 2.45) is 11.8 Å². The number of carbonyl (C=O) groups is 2. The lowest BCUT2D eigenvalue weighted by molar-refractivity contribution is -0.122. The number of carbonyl (C=O) groups excluding carboxylic acids is 2. The van der Waals surface area contributed by atoms with Gasteiger partial charge in [-0.15, -0.1) is 0 Å². The quantitative estimate of drug-likeness (QED) is 0.925. The Hall–Kier alpha value is -1.55. The molecule has 1 heterocycles. The van der Waals surface area contributed by atoms with Crippen LogP contribution in [-0.4, -0.2) is 24.9 Å². The van der Waals surface area contributed by atoms with Crippen LogP contribution >= 0.6 is 11.6 Å². The van der Waals surface area contributed by atoms with Crippen molar-refractivity contribution < 1.29 is 9.59 Å². The van der Waals surface area contributed by atoms with Crippen molar-refractivity contribution in [3.8, 4) is 0 Å². The van der Waals surface area contributed by atoms with Crippen molar-refractivity contribution in [2.75, 3.05) is 18.0 Å². The molecule has 1 aliphatic carbocycles. The molecule has 1 aromatic rings. The molecule has 1 unspecified atom stereocenters. The summed E-state index contributed by atoms with van der Waals surface area (Å²) in [6, 6.07) is 7.27. The molecule has 1 atom stereocenters. The zero-order valence-electron chi connectivity index (χ0n) is 11.1. The van der Waals surface area contributed by atoms with Crippen LogP contribution in [0.4, 0.5) is 5.69 Å². The first kappa shape index (κ1) is 13.4. The summed E-state index contributed by atoms with van der Waals surface area (Å²) in [7, 11) is 0. The van der Waals surface area contributed by atoms with Crippen LogP contribution in [0, 0.1) is 11.8 Å². The molecule has 1 aliphatic heterocycles. The number of halogens is 1. The number of benzene rings is 1. The third kappa shape index (κ3) is 2.96. The summed E-state index contributed by atoms with van der Waals surface area (Å²) in [5, 5.41) is 3.61. The van der Waals surface area contributed by atoms with Gasteiger partial charge in [-0.1, -0.05) is 11.6 Å². The Morgan fingerprint density at radius 1 is 1.30 bits per heavy atom. The Balaban J connectivity index is 1.57. The Morgan fingerprint density at radius 3 is 2.65 bits per heavy atom. The molecule has 0 aromatic heterocycles. The second kappa shape index (κ2) is 5.44. The number of hydrogen-bond acceptors (Lipinski definition) is 2. The van der Waals surface area contributed by atoms with Gasteiger partial charge in [-0.05, 0) is 37.1 Å². The molecule has 1 saturated carbocycles. The maximum atomic E-state index is 12.0. The van der Waals surface area contributed by atoms with Gasteiger partial charge in [-0.2, -0.15) is 0 Å². The highest BCUT2D eigenvalue weighted by Crippen LogP contribution is 2.29. The first-order valence-corrected chi connectivity index (χ1v) is 7.35. The number of nitrogens with one attached hydrogen (secondary N) is 1. The van der Waals surface area contributed by atoms with E-state index in [1.165, 1.54) is 0 Å². The third-order valence-corrected chi connectivity index (χ3v) is 4.11. The van der Waals surface area contributed by atoms with Gasteiger partial charge in [0.1, 0.15) is 0 Å². The van der Waals surface area contributed by atoms with Crippen LogP contribution in [0.5, 0.6) is 0 Å². The van der Waals surface area contributed by atoms with Crippen LogP contribution in [-0.2, 0) is 9.59 Å². The highest BCUT2D eigenvalue weighted by molar-refractivity contribution is 6.30. The molecule has 106 valence electrons. The van der Waals surface area contributed by atoms with Crippen LogP contribution < -0.4 is 10.2 Å². The molecule has 0 bridgehead atoms. The first-order valence-electron chi connectivity index (χ1n) is 6.97. The van der Waals surface area contributed by atoms with Gasteiger partial charge in [0.05, 0.1) is 0 Å². The molecule has 2 fully saturated rings. The van der Waals surface area contributed by atoms with Crippen LogP contribution in [0.1, 0.15) is 19.3 Å². The topological polar surface area (TPSA) is 49.4 Å². The molecule has 0 radical (unpaired) electrons. The predicted molar refractivity (Wildman–Crippen MR) is 77.6 cm³/mol. The van der Waals surface area contributed by atoms with Gasteiger partial charge in [-0.25, -0.2) is 0 Å². The lowest BCUT2D eigenvalue weighted by atomic mass is 10.1. The Morgan fingerprint density at radius 2 is 2.00 bits per heavy atom. The van der Waals surface area contributed by atoms with E-state index in [4.69, 9.17) is 11.6 Å². The second-order valence-corrected chi connectivity index (χ2v) is 6.01. The molecule has 1 aromatic carbocycles. The minimum atomic E-state index is 0.109. The average molecular weight is 293 g/mol. The largest absolute Gasteiger partial charge is 0.356 e. The molecule has 2 aliphatic rings. The van der Waals surface area contributed by atoms with E-state index in [9.17, 15) is 9.59 Å². The summed E-state index contributed by atoms with van der Waals surface area (Å²) in [6.45, 7) is 1.25. The second-order valence-electron chi connectivity index (χ2n) is 5.57. The first-order chi connectivity index (χ1) is 9.63. The minimum Gasteiger partial charge on any atom is -0.356 e.